The van der Waals surface area contributed by atoms with Gasteiger partial charge in [0.15, 0.2) is 0 Å². The number of carboxylic acid groups (broad SMARTS) is 1. The Hall–Kier alpha value is -0.990. The molecule has 0 bridgehead atoms. The van der Waals surface area contributed by atoms with Gasteiger partial charge in [-0.1, -0.05) is 46.3 Å². The normalized spacial score (nSPS) is 52.1. The van der Waals surface area contributed by atoms with Gasteiger partial charge in [-0.3, -0.25) is 4.79 Å². The highest BCUT2D eigenvalue weighted by Crippen LogP contribution is 2.75. The molecule has 0 heterocycles. The van der Waals surface area contributed by atoms with Crippen molar-refractivity contribution in [1.82, 2.24) is 0 Å². The quantitative estimate of drug-likeness (QED) is 0.314. The fourth-order valence-corrected chi connectivity index (χ4v) is 10.9. The number of aliphatic hydroxyl groups excluding tert-OH is 5. The number of allylic oxidation sites excluding steroid dienone is 2. The second kappa shape index (κ2) is 8.26. The molecule has 6 N–H and O–H groups in total. The van der Waals surface area contributed by atoms with Crippen LogP contribution in [0.5, 0.6) is 0 Å². The molecule has 0 saturated heterocycles. The van der Waals surface area contributed by atoms with Crippen molar-refractivity contribution in [3.05, 3.63) is 11.6 Å². The van der Waals surface area contributed by atoms with Crippen LogP contribution in [0.4, 0.5) is 0 Å². The van der Waals surface area contributed by atoms with E-state index in [9.17, 15) is 35.4 Å². The number of hydrogen-bond acceptors (Lipinski definition) is 6. The van der Waals surface area contributed by atoms with E-state index in [1.165, 1.54) is 5.57 Å². The van der Waals surface area contributed by atoms with E-state index in [0.29, 0.717) is 25.7 Å². The first-order valence-electron chi connectivity index (χ1n) is 14.3. The zero-order chi connectivity index (χ0) is 27.4. The smallest absolute Gasteiger partial charge is 0.312 e. The lowest BCUT2D eigenvalue weighted by atomic mass is 9.33. The van der Waals surface area contributed by atoms with Crippen molar-refractivity contribution in [2.75, 3.05) is 13.2 Å². The predicted molar refractivity (Wildman–Crippen MR) is 138 cm³/mol. The van der Waals surface area contributed by atoms with Gasteiger partial charge in [0.2, 0.25) is 0 Å². The Labute approximate surface area is 221 Å². The van der Waals surface area contributed by atoms with Crippen LogP contribution >= 0.6 is 0 Å². The molecule has 0 amide bonds. The van der Waals surface area contributed by atoms with Crippen LogP contribution in [0.25, 0.3) is 0 Å². The SMILES string of the molecule is CC1(C)CC[C@]2(C(=O)O)[C@H](O)C[C@]3(C)C(=CC[C@@H]4[C@]5(C)C[C@H](O)[C@H](O)C(CO)(CO)[C@@H]5CC[C@]43C)[C@@H]2C1. The third kappa shape index (κ3) is 3.21. The van der Waals surface area contributed by atoms with E-state index in [1.807, 2.05) is 0 Å². The lowest BCUT2D eigenvalue weighted by Crippen LogP contribution is -2.70. The molecule has 37 heavy (non-hydrogen) atoms. The Bertz CT molecular complexity index is 986. The van der Waals surface area contributed by atoms with Crippen LogP contribution < -0.4 is 0 Å². The first-order valence-corrected chi connectivity index (χ1v) is 14.3. The molecule has 210 valence electrons. The summed E-state index contributed by atoms with van der Waals surface area (Å²) in [6.45, 7) is 10.3. The summed E-state index contributed by atoms with van der Waals surface area (Å²) in [5.74, 6) is -1.18. The molecule has 0 radical (unpaired) electrons. The average molecular weight is 521 g/mol. The molecule has 0 aliphatic heterocycles. The molecule has 5 rings (SSSR count). The summed E-state index contributed by atoms with van der Waals surface area (Å²) in [5.41, 5.74) is -2.26. The molecule has 10 atom stereocenters. The minimum atomic E-state index is -1.19. The second-order valence-electron chi connectivity index (χ2n) is 15.0. The maximum Gasteiger partial charge on any atom is 0.312 e. The van der Waals surface area contributed by atoms with Gasteiger partial charge in [0.1, 0.15) is 5.41 Å². The highest BCUT2D eigenvalue weighted by atomic mass is 16.4. The first-order chi connectivity index (χ1) is 17.1. The largest absolute Gasteiger partial charge is 0.481 e. The van der Waals surface area contributed by atoms with Crippen molar-refractivity contribution in [3.63, 3.8) is 0 Å². The van der Waals surface area contributed by atoms with Crippen molar-refractivity contribution in [1.29, 1.82) is 0 Å². The lowest BCUT2D eigenvalue weighted by Gasteiger charge is -2.72. The van der Waals surface area contributed by atoms with Gasteiger partial charge in [-0.2, -0.15) is 0 Å². The number of rotatable bonds is 3. The second-order valence-corrected chi connectivity index (χ2v) is 15.0. The Morgan fingerprint density at radius 3 is 2.16 bits per heavy atom. The van der Waals surface area contributed by atoms with Crippen LogP contribution in [0.1, 0.15) is 86.0 Å². The van der Waals surface area contributed by atoms with Crippen LogP contribution in [0.3, 0.4) is 0 Å². The molecule has 7 nitrogen and oxygen atoms in total. The van der Waals surface area contributed by atoms with Crippen molar-refractivity contribution in [3.8, 4) is 0 Å². The molecule has 0 spiro atoms. The summed E-state index contributed by atoms with van der Waals surface area (Å²) in [7, 11) is 0. The van der Waals surface area contributed by atoms with Gasteiger partial charge in [0, 0.05) is 5.41 Å². The van der Waals surface area contributed by atoms with Gasteiger partial charge < -0.3 is 30.6 Å². The van der Waals surface area contributed by atoms with Gasteiger partial charge in [0.25, 0.3) is 0 Å². The molecule has 0 unspecified atom stereocenters. The van der Waals surface area contributed by atoms with Crippen LogP contribution in [0, 0.1) is 50.2 Å². The molecular weight excluding hydrogens is 472 g/mol. The maximum atomic E-state index is 12.8. The van der Waals surface area contributed by atoms with E-state index in [-0.39, 0.29) is 41.8 Å². The van der Waals surface area contributed by atoms with Crippen LogP contribution in [-0.2, 0) is 4.79 Å². The molecule has 0 aromatic heterocycles. The number of fused-ring (bicyclic) bond motifs is 7. The Kier molecular flexibility index (Phi) is 6.16. The molecule has 4 saturated carbocycles. The molecular formula is C30H48O7. The van der Waals surface area contributed by atoms with Gasteiger partial charge in [-0.05, 0) is 90.8 Å². The number of hydrogen-bond donors (Lipinski definition) is 6. The summed E-state index contributed by atoms with van der Waals surface area (Å²) < 4.78 is 0. The highest BCUT2D eigenvalue weighted by molar-refractivity contribution is 5.77. The minimum Gasteiger partial charge on any atom is -0.481 e. The topological polar surface area (TPSA) is 138 Å². The van der Waals surface area contributed by atoms with E-state index in [2.05, 4.69) is 40.7 Å². The van der Waals surface area contributed by atoms with E-state index in [1.54, 1.807) is 0 Å². The third-order valence-electron chi connectivity index (χ3n) is 13.2. The number of carboxylic acids is 1. The van der Waals surface area contributed by atoms with E-state index >= 15 is 0 Å². The van der Waals surface area contributed by atoms with Gasteiger partial charge in [0.05, 0.1) is 31.5 Å². The van der Waals surface area contributed by atoms with Gasteiger partial charge in [-0.15, -0.1) is 0 Å². The lowest BCUT2D eigenvalue weighted by molar-refractivity contribution is -0.260. The van der Waals surface area contributed by atoms with Crippen LogP contribution in [0.2, 0.25) is 0 Å². The summed E-state index contributed by atoms with van der Waals surface area (Å²) in [6.07, 6.45) is 4.08. The van der Waals surface area contributed by atoms with E-state index in [4.69, 9.17) is 0 Å². The van der Waals surface area contributed by atoms with Crippen molar-refractivity contribution < 1.29 is 35.4 Å². The Morgan fingerprint density at radius 1 is 0.919 bits per heavy atom. The molecule has 7 heteroatoms. The summed E-state index contributed by atoms with van der Waals surface area (Å²) in [6, 6.07) is 0. The Morgan fingerprint density at radius 2 is 1.57 bits per heavy atom. The molecule has 5 aliphatic rings. The number of aliphatic carboxylic acids is 1. The van der Waals surface area contributed by atoms with Crippen molar-refractivity contribution in [2.24, 2.45) is 50.2 Å². The molecule has 0 aromatic rings. The Balaban J connectivity index is 1.64. The zero-order valence-corrected chi connectivity index (χ0v) is 23.2. The van der Waals surface area contributed by atoms with E-state index < -0.39 is 45.9 Å². The zero-order valence-electron chi connectivity index (χ0n) is 23.2. The van der Waals surface area contributed by atoms with Crippen LogP contribution in [0.15, 0.2) is 11.6 Å². The maximum absolute atomic E-state index is 12.8. The predicted octanol–water partition coefficient (Wildman–Crippen LogP) is 3.12. The first kappa shape index (κ1) is 27.6. The van der Waals surface area contributed by atoms with E-state index in [0.717, 1.165) is 25.7 Å². The molecule has 5 aliphatic carbocycles. The fraction of sp³-hybridized carbons (Fsp3) is 0.900. The van der Waals surface area contributed by atoms with Crippen molar-refractivity contribution in [2.45, 2.75) is 104 Å². The van der Waals surface area contributed by atoms with Gasteiger partial charge in [-0.25, -0.2) is 0 Å². The van der Waals surface area contributed by atoms with Crippen molar-refractivity contribution >= 4 is 5.97 Å². The molecule has 0 aromatic carbocycles. The third-order valence-corrected chi connectivity index (χ3v) is 13.2. The number of carbonyl (C=O) groups is 1. The standard InChI is InChI=1S/C30H48O7/c1-25(2)10-11-30(24(36)37)18(12-25)17-6-7-20-26(3)13-19(33)23(35)29(15-31,16-32)21(26)8-9-27(20,4)28(17,5)14-22(30)34/h6,18-23,31-35H,7-16H2,1-5H3,(H,36,37)/t18-,19-,20+,21+,22+,23-,26-,27+,28+,30+/m0/s1. The summed E-state index contributed by atoms with van der Waals surface area (Å²) in [4.78, 5) is 12.8. The fourth-order valence-electron chi connectivity index (χ4n) is 10.9. The number of aliphatic hydroxyl groups is 5. The van der Waals surface area contributed by atoms with Gasteiger partial charge >= 0.3 is 5.97 Å². The minimum absolute atomic E-state index is 0.00467. The summed E-state index contributed by atoms with van der Waals surface area (Å²) >= 11 is 0. The average Bonchev–Trinajstić information content (AvgIpc) is 2.80. The molecule has 4 fully saturated rings. The highest BCUT2D eigenvalue weighted by Gasteiger charge is 2.72. The van der Waals surface area contributed by atoms with Crippen LogP contribution in [-0.4, -0.2) is 68.1 Å². The monoisotopic (exact) mass is 520 g/mol. The summed E-state index contributed by atoms with van der Waals surface area (Å²) in [5, 5.41) is 65.1.